The molecule has 0 saturated carbocycles. The Bertz CT molecular complexity index is 906. The lowest BCUT2D eigenvalue weighted by Crippen LogP contribution is -2.14. The Balaban J connectivity index is 1.63. The molecule has 1 aromatic heterocycles. The molecule has 3 aromatic rings. The van der Waals surface area contributed by atoms with Crippen molar-refractivity contribution in [2.24, 2.45) is 0 Å². The van der Waals surface area contributed by atoms with Gasteiger partial charge in [0.15, 0.2) is 5.16 Å². The van der Waals surface area contributed by atoms with E-state index >= 15 is 0 Å². The fourth-order valence-corrected chi connectivity index (χ4v) is 3.12. The number of carbonyl (C=O) groups excluding carboxylic acids is 1. The normalized spacial score (nSPS) is 10.6. The molecule has 1 N–H and O–H groups in total. The molecule has 0 aliphatic rings. The summed E-state index contributed by atoms with van der Waals surface area (Å²) in [6.45, 7) is 4.07. The van der Waals surface area contributed by atoms with E-state index in [9.17, 15) is 4.79 Å². The van der Waals surface area contributed by atoms with Crippen LogP contribution in [-0.2, 0) is 4.79 Å². The summed E-state index contributed by atoms with van der Waals surface area (Å²) < 4.78 is 7.01. The molecule has 0 saturated heterocycles. The number of benzene rings is 2. The topological polar surface area (TPSA) is 69.0 Å². The maximum atomic E-state index is 12.2. The molecule has 0 radical (unpaired) electrons. The molecule has 0 bridgehead atoms. The van der Waals surface area contributed by atoms with E-state index in [1.54, 1.807) is 13.4 Å². The van der Waals surface area contributed by atoms with Crippen molar-refractivity contribution >= 4 is 23.4 Å². The van der Waals surface area contributed by atoms with Crippen LogP contribution >= 0.6 is 11.8 Å². The van der Waals surface area contributed by atoms with E-state index in [-0.39, 0.29) is 11.7 Å². The highest BCUT2D eigenvalue weighted by atomic mass is 32.2. The van der Waals surface area contributed by atoms with Gasteiger partial charge in [0.2, 0.25) is 5.91 Å². The van der Waals surface area contributed by atoms with E-state index in [2.05, 4.69) is 15.5 Å². The number of amides is 1. The fourth-order valence-electron chi connectivity index (χ4n) is 2.39. The Hall–Kier alpha value is -2.80. The van der Waals surface area contributed by atoms with Crippen LogP contribution in [0.25, 0.3) is 5.69 Å². The van der Waals surface area contributed by atoms with Gasteiger partial charge in [-0.15, -0.1) is 10.2 Å². The highest BCUT2D eigenvalue weighted by Gasteiger charge is 2.11. The van der Waals surface area contributed by atoms with E-state index in [0.717, 1.165) is 22.7 Å². The highest BCUT2D eigenvalue weighted by molar-refractivity contribution is 7.99. The minimum Gasteiger partial charge on any atom is -0.497 e. The van der Waals surface area contributed by atoms with Crippen LogP contribution in [0.3, 0.4) is 0 Å². The predicted molar refractivity (Wildman–Crippen MR) is 103 cm³/mol. The number of aryl methyl sites for hydroxylation is 2. The first-order chi connectivity index (χ1) is 12.6. The number of thioether (sulfide) groups is 1. The number of hydrogen-bond donors (Lipinski definition) is 1. The van der Waals surface area contributed by atoms with Crippen molar-refractivity contribution < 1.29 is 9.53 Å². The number of rotatable bonds is 6. The number of aromatic nitrogens is 3. The summed E-state index contributed by atoms with van der Waals surface area (Å²) >= 11 is 1.34. The molecule has 2 aromatic carbocycles. The van der Waals surface area contributed by atoms with Crippen LogP contribution in [0, 0.1) is 13.8 Å². The average Bonchev–Trinajstić information content (AvgIpc) is 3.12. The van der Waals surface area contributed by atoms with Crippen molar-refractivity contribution in [1.29, 1.82) is 0 Å². The maximum absolute atomic E-state index is 12.2. The number of anilines is 1. The SMILES string of the molecule is COc1ccc(-n2cnnc2SCC(=O)Nc2ccc(C)c(C)c2)cc1. The lowest BCUT2D eigenvalue weighted by Gasteiger charge is -2.09. The van der Waals surface area contributed by atoms with Gasteiger partial charge in [-0.2, -0.15) is 0 Å². The van der Waals surface area contributed by atoms with Crippen molar-refractivity contribution in [3.63, 3.8) is 0 Å². The first kappa shape index (κ1) is 18.0. The Morgan fingerprint density at radius 2 is 1.92 bits per heavy atom. The van der Waals surface area contributed by atoms with Crippen LogP contribution in [0.5, 0.6) is 5.75 Å². The summed E-state index contributed by atoms with van der Waals surface area (Å²) in [7, 11) is 1.63. The van der Waals surface area contributed by atoms with Gasteiger partial charge < -0.3 is 10.1 Å². The van der Waals surface area contributed by atoms with Gasteiger partial charge in [0.25, 0.3) is 0 Å². The third kappa shape index (κ3) is 4.23. The van der Waals surface area contributed by atoms with Crippen molar-refractivity contribution in [3.8, 4) is 11.4 Å². The van der Waals surface area contributed by atoms with Crippen molar-refractivity contribution in [2.75, 3.05) is 18.2 Å². The molecular formula is C19H20N4O2S. The minimum atomic E-state index is -0.0810. The first-order valence-corrected chi connectivity index (χ1v) is 9.10. The molecule has 0 spiro atoms. The summed E-state index contributed by atoms with van der Waals surface area (Å²) in [5, 5.41) is 11.6. The quantitative estimate of drug-likeness (QED) is 0.673. The molecule has 1 amide bonds. The van der Waals surface area contributed by atoms with Gasteiger partial charge in [0.05, 0.1) is 12.9 Å². The molecule has 0 aliphatic heterocycles. The fraction of sp³-hybridized carbons (Fsp3) is 0.211. The van der Waals surface area contributed by atoms with Gasteiger partial charge in [-0.3, -0.25) is 9.36 Å². The molecular weight excluding hydrogens is 348 g/mol. The number of nitrogens with one attached hydrogen (secondary N) is 1. The van der Waals surface area contributed by atoms with Crippen LogP contribution in [0.15, 0.2) is 53.9 Å². The summed E-state index contributed by atoms with van der Waals surface area (Å²) in [6, 6.07) is 13.5. The van der Waals surface area contributed by atoms with Gasteiger partial charge in [0, 0.05) is 11.4 Å². The van der Waals surface area contributed by atoms with E-state index in [1.165, 1.54) is 17.3 Å². The summed E-state index contributed by atoms with van der Waals surface area (Å²) in [4.78, 5) is 12.2. The summed E-state index contributed by atoms with van der Waals surface area (Å²) in [5.41, 5.74) is 4.06. The maximum Gasteiger partial charge on any atom is 0.234 e. The van der Waals surface area contributed by atoms with Crippen LogP contribution in [0.1, 0.15) is 11.1 Å². The number of ether oxygens (including phenoxy) is 1. The Labute approximate surface area is 156 Å². The van der Waals surface area contributed by atoms with Crippen molar-refractivity contribution in [3.05, 3.63) is 59.9 Å². The average molecular weight is 368 g/mol. The Morgan fingerprint density at radius 3 is 2.62 bits per heavy atom. The van der Waals surface area contributed by atoms with Crippen molar-refractivity contribution in [2.45, 2.75) is 19.0 Å². The summed E-state index contributed by atoms with van der Waals surface area (Å²) in [6.07, 6.45) is 1.63. The zero-order valence-electron chi connectivity index (χ0n) is 14.9. The zero-order valence-corrected chi connectivity index (χ0v) is 15.7. The van der Waals surface area contributed by atoms with E-state index in [1.807, 2.05) is 60.9 Å². The Morgan fingerprint density at radius 1 is 1.15 bits per heavy atom. The molecule has 0 fully saturated rings. The van der Waals surface area contributed by atoms with E-state index in [4.69, 9.17) is 4.74 Å². The number of carbonyl (C=O) groups is 1. The van der Waals surface area contributed by atoms with E-state index in [0.29, 0.717) is 5.16 Å². The van der Waals surface area contributed by atoms with Gasteiger partial charge in [-0.05, 0) is 61.4 Å². The molecule has 26 heavy (non-hydrogen) atoms. The molecule has 1 heterocycles. The van der Waals surface area contributed by atoms with E-state index < -0.39 is 0 Å². The molecule has 7 heteroatoms. The van der Waals surface area contributed by atoms with Crippen molar-refractivity contribution in [1.82, 2.24) is 14.8 Å². The second-order valence-electron chi connectivity index (χ2n) is 5.82. The molecule has 3 rings (SSSR count). The second-order valence-corrected chi connectivity index (χ2v) is 6.76. The van der Waals surface area contributed by atoms with Gasteiger partial charge in [0.1, 0.15) is 12.1 Å². The first-order valence-electron chi connectivity index (χ1n) is 8.11. The zero-order chi connectivity index (χ0) is 18.5. The standard InChI is InChI=1S/C19H20N4O2S/c1-13-4-5-15(10-14(13)2)21-18(24)11-26-19-22-20-12-23(19)16-6-8-17(25-3)9-7-16/h4-10,12H,11H2,1-3H3,(H,21,24). The minimum absolute atomic E-state index is 0.0810. The predicted octanol–water partition coefficient (Wildman–Crippen LogP) is 3.62. The number of hydrogen-bond acceptors (Lipinski definition) is 5. The molecule has 6 nitrogen and oxygen atoms in total. The van der Waals surface area contributed by atoms with Crippen LogP contribution in [0.2, 0.25) is 0 Å². The van der Waals surface area contributed by atoms with Crippen LogP contribution < -0.4 is 10.1 Å². The van der Waals surface area contributed by atoms with Gasteiger partial charge in [-0.1, -0.05) is 17.8 Å². The van der Waals surface area contributed by atoms with Crippen LogP contribution in [0.4, 0.5) is 5.69 Å². The highest BCUT2D eigenvalue weighted by Crippen LogP contribution is 2.22. The third-order valence-electron chi connectivity index (χ3n) is 3.99. The molecule has 0 atom stereocenters. The van der Waals surface area contributed by atoms with Gasteiger partial charge in [-0.25, -0.2) is 0 Å². The number of nitrogens with zero attached hydrogens (tertiary/aromatic N) is 3. The van der Waals surface area contributed by atoms with Crippen LogP contribution in [-0.4, -0.2) is 33.5 Å². The Kier molecular flexibility index (Phi) is 5.58. The third-order valence-corrected chi connectivity index (χ3v) is 4.93. The second kappa shape index (κ2) is 8.05. The lowest BCUT2D eigenvalue weighted by molar-refractivity contribution is -0.113. The van der Waals surface area contributed by atoms with Gasteiger partial charge >= 0.3 is 0 Å². The monoisotopic (exact) mass is 368 g/mol. The lowest BCUT2D eigenvalue weighted by atomic mass is 10.1. The smallest absolute Gasteiger partial charge is 0.234 e. The largest absolute Gasteiger partial charge is 0.497 e. The molecule has 134 valence electrons. The molecule has 0 aliphatic carbocycles. The summed E-state index contributed by atoms with van der Waals surface area (Å²) in [5.74, 6) is 0.952. The number of methoxy groups -OCH3 is 1. The molecule has 0 unspecified atom stereocenters.